The molecule has 94 valence electrons. The van der Waals surface area contributed by atoms with Gasteiger partial charge in [0, 0.05) is 11.1 Å². The van der Waals surface area contributed by atoms with Crippen LogP contribution in [0.25, 0.3) is 0 Å². The molecule has 2 heterocycles. The highest BCUT2D eigenvalue weighted by atomic mass is 19.1. The fourth-order valence-electron chi connectivity index (χ4n) is 2.86. The number of para-hydroxylation sites is 1. The highest BCUT2D eigenvalue weighted by Gasteiger charge is 2.52. The van der Waals surface area contributed by atoms with Crippen LogP contribution in [0.15, 0.2) is 47.5 Å². The minimum absolute atomic E-state index is 0.123. The first kappa shape index (κ1) is 10.7. The first-order valence-corrected chi connectivity index (χ1v) is 5.99. The second kappa shape index (κ2) is 3.41. The molecule has 4 heteroatoms. The molecule has 2 aliphatic rings. The Labute approximate surface area is 108 Å². The van der Waals surface area contributed by atoms with Crippen molar-refractivity contribution in [3.8, 4) is 5.75 Å². The van der Waals surface area contributed by atoms with E-state index in [1.807, 2.05) is 12.1 Å². The van der Waals surface area contributed by atoms with E-state index in [0.717, 1.165) is 5.56 Å². The van der Waals surface area contributed by atoms with Gasteiger partial charge in [-0.2, -0.15) is 4.39 Å². The van der Waals surface area contributed by atoms with E-state index in [0.29, 0.717) is 17.0 Å². The number of hydrogen-bond donors (Lipinski definition) is 0. The lowest BCUT2D eigenvalue weighted by Crippen LogP contribution is -2.33. The fraction of sp³-hybridized carbons (Fsp3) is 0.133. The van der Waals surface area contributed by atoms with Gasteiger partial charge in [-0.3, -0.25) is 0 Å². The predicted octanol–water partition coefficient (Wildman–Crippen LogP) is 3.52. The summed E-state index contributed by atoms with van der Waals surface area (Å²) in [6.45, 7) is 0.123. The van der Waals surface area contributed by atoms with E-state index in [4.69, 9.17) is 4.74 Å². The number of benzene rings is 2. The van der Waals surface area contributed by atoms with Gasteiger partial charge in [0.1, 0.15) is 23.6 Å². The first-order valence-electron chi connectivity index (χ1n) is 5.99. The van der Waals surface area contributed by atoms with E-state index in [9.17, 15) is 8.78 Å². The third-order valence-electron chi connectivity index (χ3n) is 3.78. The zero-order valence-electron chi connectivity index (χ0n) is 9.86. The molecular formula is C15H9F2NO. The van der Waals surface area contributed by atoms with Gasteiger partial charge in [0.25, 0.3) is 0 Å². The molecule has 1 unspecified atom stereocenters. The topological polar surface area (TPSA) is 21.6 Å². The Morgan fingerprint density at radius 2 is 1.89 bits per heavy atom. The van der Waals surface area contributed by atoms with E-state index in [2.05, 4.69) is 4.99 Å². The molecule has 0 saturated carbocycles. The minimum Gasteiger partial charge on any atom is -0.491 e. The van der Waals surface area contributed by atoms with Crippen LogP contribution in [0.1, 0.15) is 11.1 Å². The first-order chi connectivity index (χ1) is 9.22. The summed E-state index contributed by atoms with van der Waals surface area (Å²) in [6.07, 6.45) is 0. The van der Waals surface area contributed by atoms with Crippen LogP contribution in [0.5, 0.6) is 5.75 Å². The lowest BCUT2D eigenvalue weighted by molar-refractivity contribution is 0.320. The second-order valence-corrected chi connectivity index (χ2v) is 4.75. The minimum atomic E-state index is -1.08. The van der Waals surface area contributed by atoms with Crippen molar-refractivity contribution >= 4 is 11.7 Å². The summed E-state index contributed by atoms with van der Waals surface area (Å²) in [5.74, 6) is -0.415. The van der Waals surface area contributed by atoms with Crippen LogP contribution in [0.4, 0.5) is 14.5 Å². The van der Waals surface area contributed by atoms with E-state index in [1.54, 1.807) is 12.1 Å². The average Bonchev–Trinajstić information content (AvgIpc) is 2.92. The predicted molar refractivity (Wildman–Crippen MR) is 67.3 cm³/mol. The van der Waals surface area contributed by atoms with Crippen LogP contribution < -0.4 is 4.74 Å². The molecule has 2 aromatic carbocycles. The maximum absolute atomic E-state index is 14.4. The molecule has 4 rings (SSSR count). The standard InChI is InChI=1S/C15H9F2NO/c16-9-5-6-13-11(7-9)15(8-19-13)10-3-1-2-4-12(10)18-14(15)17/h1-7H,8H2. The molecular weight excluding hydrogens is 248 g/mol. The van der Waals surface area contributed by atoms with Crippen LogP contribution in [-0.2, 0) is 5.41 Å². The van der Waals surface area contributed by atoms with Gasteiger partial charge in [0.15, 0.2) is 0 Å². The Morgan fingerprint density at radius 3 is 2.79 bits per heavy atom. The van der Waals surface area contributed by atoms with E-state index in [-0.39, 0.29) is 6.61 Å². The number of halogens is 2. The summed E-state index contributed by atoms with van der Waals surface area (Å²) in [7, 11) is 0. The Morgan fingerprint density at radius 1 is 1.05 bits per heavy atom. The lowest BCUT2D eigenvalue weighted by atomic mass is 9.77. The number of nitrogens with zero attached hydrogens (tertiary/aromatic N) is 1. The lowest BCUT2D eigenvalue weighted by Gasteiger charge is -2.21. The molecule has 0 saturated heterocycles. The van der Waals surface area contributed by atoms with Gasteiger partial charge in [0.05, 0.1) is 5.69 Å². The van der Waals surface area contributed by atoms with Crippen LogP contribution in [-0.4, -0.2) is 12.6 Å². The number of rotatable bonds is 0. The van der Waals surface area contributed by atoms with Crippen molar-refractivity contribution in [2.24, 2.45) is 4.99 Å². The Bertz CT molecular complexity index is 726. The normalized spacial score (nSPS) is 22.9. The Kier molecular flexibility index (Phi) is 1.91. The van der Waals surface area contributed by atoms with Crippen molar-refractivity contribution in [2.45, 2.75) is 5.41 Å². The van der Waals surface area contributed by atoms with Gasteiger partial charge in [0.2, 0.25) is 5.97 Å². The number of fused-ring (bicyclic) bond motifs is 4. The van der Waals surface area contributed by atoms with Crippen molar-refractivity contribution in [1.82, 2.24) is 0 Å². The van der Waals surface area contributed by atoms with Crippen LogP contribution >= 0.6 is 0 Å². The molecule has 0 aromatic heterocycles. The zero-order valence-corrected chi connectivity index (χ0v) is 9.86. The quantitative estimate of drug-likeness (QED) is 0.707. The van der Waals surface area contributed by atoms with Gasteiger partial charge in [-0.1, -0.05) is 18.2 Å². The largest absolute Gasteiger partial charge is 0.491 e. The Balaban J connectivity index is 2.04. The van der Waals surface area contributed by atoms with Gasteiger partial charge in [-0.25, -0.2) is 9.38 Å². The second-order valence-electron chi connectivity index (χ2n) is 4.75. The third-order valence-corrected chi connectivity index (χ3v) is 3.78. The molecule has 2 aromatic rings. The van der Waals surface area contributed by atoms with Gasteiger partial charge in [-0.05, 0) is 24.3 Å². The Hall–Kier alpha value is -2.23. The fourth-order valence-corrected chi connectivity index (χ4v) is 2.86. The van der Waals surface area contributed by atoms with E-state index < -0.39 is 17.2 Å². The molecule has 19 heavy (non-hydrogen) atoms. The molecule has 0 radical (unpaired) electrons. The van der Waals surface area contributed by atoms with Crippen molar-refractivity contribution in [1.29, 1.82) is 0 Å². The summed E-state index contributed by atoms with van der Waals surface area (Å²) < 4.78 is 33.4. The highest BCUT2D eigenvalue weighted by molar-refractivity contribution is 6.00. The molecule has 0 amide bonds. The summed E-state index contributed by atoms with van der Waals surface area (Å²) in [6, 6.07) is 11.4. The van der Waals surface area contributed by atoms with Gasteiger partial charge in [-0.15, -0.1) is 0 Å². The number of aliphatic imine (C=N–C) groups is 1. The van der Waals surface area contributed by atoms with Gasteiger partial charge < -0.3 is 4.74 Å². The molecule has 1 spiro atoms. The smallest absolute Gasteiger partial charge is 0.208 e. The maximum Gasteiger partial charge on any atom is 0.208 e. The zero-order chi connectivity index (χ0) is 13.0. The number of hydrogen-bond acceptors (Lipinski definition) is 2. The molecule has 0 aliphatic carbocycles. The molecule has 2 nitrogen and oxygen atoms in total. The van der Waals surface area contributed by atoms with Gasteiger partial charge >= 0.3 is 0 Å². The SMILES string of the molecule is FC1=Nc2ccccc2C12COc1ccc(F)cc12. The summed E-state index contributed by atoms with van der Waals surface area (Å²) in [4.78, 5) is 3.96. The summed E-state index contributed by atoms with van der Waals surface area (Å²) >= 11 is 0. The average molecular weight is 257 g/mol. The van der Waals surface area contributed by atoms with Crippen LogP contribution in [0.3, 0.4) is 0 Å². The van der Waals surface area contributed by atoms with E-state index in [1.165, 1.54) is 18.2 Å². The highest BCUT2D eigenvalue weighted by Crippen LogP contribution is 2.51. The summed E-state index contributed by atoms with van der Waals surface area (Å²) in [5.41, 5.74) is 0.755. The van der Waals surface area contributed by atoms with Crippen molar-refractivity contribution < 1.29 is 13.5 Å². The molecule has 0 fully saturated rings. The third kappa shape index (κ3) is 1.21. The van der Waals surface area contributed by atoms with Crippen molar-refractivity contribution in [2.75, 3.05) is 6.61 Å². The maximum atomic E-state index is 14.4. The molecule has 0 bridgehead atoms. The van der Waals surface area contributed by atoms with E-state index >= 15 is 0 Å². The molecule has 0 N–H and O–H groups in total. The van der Waals surface area contributed by atoms with Crippen molar-refractivity contribution in [3.63, 3.8) is 0 Å². The molecule has 2 aliphatic heterocycles. The van der Waals surface area contributed by atoms with Crippen LogP contribution in [0.2, 0.25) is 0 Å². The van der Waals surface area contributed by atoms with Crippen molar-refractivity contribution in [3.05, 3.63) is 59.4 Å². The van der Waals surface area contributed by atoms with Crippen LogP contribution in [0, 0.1) is 5.82 Å². The molecule has 1 atom stereocenters. The number of ether oxygens (including phenoxy) is 1. The monoisotopic (exact) mass is 257 g/mol. The summed E-state index contributed by atoms with van der Waals surface area (Å²) in [5, 5.41) is 0.